The smallest absolute Gasteiger partial charge is 0.163 e. The van der Waals surface area contributed by atoms with E-state index in [2.05, 4.69) is 15.9 Å². The summed E-state index contributed by atoms with van der Waals surface area (Å²) in [5, 5.41) is 9.27. The number of benzene rings is 2. The third kappa shape index (κ3) is 3.84. The number of hydrogen-bond acceptors (Lipinski definition) is 3. The van der Waals surface area contributed by atoms with Crippen molar-refractivity contribution < 1.29 is 9.53 Å². The maximum absolute atomic E-state index is 11.6. The summed E-state index contributed by atoms with van der Waals surface area (Å²) in [4.78, 5) is 11.6. The van der Waals surface area contributed by atoms with E-state index in [0.717, 1.165) is 10.0 Å². The van der Waals surface area contributed by atoms with Crippen molar-refractivity contribution in [2.45, 2.75) is 13.5 Å². The Morgan fingerprint density at radius 1 is 1.33 bits per heavy atom. The van der Waals surface area contributed by atoms with Gasteiger partial charge in [0.1, 0.15) is 12.4 Å². The van der Waals surface area contributed by atoms with Crippen LogP contribution in [0.4, 0.5) is 0 Å². The zero-order valence-corrected chi connectivity index (χ0v) is 13.5. The normalized spacial score (nSPS) is 10.0. The van der Waals surface area contributed by atoms with Crippen LogP contribution >= 0.6 is 27.5 Å². The molecule has 0 fully saturated rings. The highest BCUT2D eigenvalue weighted by Crippen LogP contribution is 2.26. The summed E-state index contributed by atoms with van der Waals surface area (Å²) in [6.45, 7) is 1.72. The lowest BCUT2D eigenvalue weighted by atomic mass is 10.1. The Bertz CT molecular complexity index is 738. The lowest BCUT2D eigenvalue weighted by Crippen LogP contribution is -2.02. The minimum absolute atomic E-state index is 0.0720. The van der Waals surface area contributed by atoms with Crippen molar-refractivity contribution in [2.75, 3.05) is 0 Å². The molecule has 2 aromatic carbocycles. The van der Waals surface area contributed by atoms with E-state index in [-0.39, 0.29) is 12.4 Å². The molecule has 21 heavy (non-hydrogen) atoms. The van der Waals surface area contributed by atoms with E-state index in [1.165, 1.54) is 6.92 Å². The number of rotatable bonds is 4. The minimum Gasteiger partial charge on any atom is -0.488 e. The summed E-state index contributed by atoms with van der Waals surface area (Å²) < 4.78 is 6.50. The number of Topliss-reactive ketones (excluding diaryl/α,β-unsaturated/α-hetero) is 1. The molecule has 3 nitrogen and oxygen atoms in total. The van der Waals surface area contributed by atoms with Crippen LogP contribution in [-0.4, -0.2) is 5.78 Å². The van der Waals surface area contributed by atoms with E-state index < -0.39 is 0 Å². The Labute approximate surface area is 136 Å². The molecule has 0 aromatic heterocycles. The Morgan fingerprint density at radius 3 is 2.71 bits per heavy atom. The van der Waals surface area contributed by atoms with Crippen molar-refractivity contribution in [1.82, 2.24) is 0 Å². The van der Waals surface area contributed by atoms with Crippen LogP contribution in [0.15, 0.2) is 40.9 Å². The molecule has 2 rings (SSSR count). The van der Waals surface area contributed by atoms with Crippen LogP contribution in [0.1, 0.15) is 28.4 Å². The van der Waals surface area contributed by atoms with Crippen molar-refractivity contribution in [3.05, 3.63) is 62.6 Å². The van der Waals surface area contributed by atoms with Gasteiger partial charge in [0, 0.05) is 15.1 Å². The highest BCUT2D eigenvalue weighted by atomic mass is 79.9. The molecule has 0 atom stereocenters. The highest BCUT2D eigenvalue weighted by molar-refractivity contribution is 9.10. The number of ether oxygens (including phenoxy) is 1. The average Bonchev–Trinajstić information content (AvgIpc) is 2.46. The van der Waals surface area contributed by atoms with Crippen molar-refractivity contribution >= 4 is 33.3 Å². The van der Waals surface area contributed by atoms with Crippen molar-refractivity contribution in [1.29, 1.82) is 5.26 Å². The van der Waals surface area contributed by atoms with Gasteiger partial charge in [0.15, 0.2) is 5.78 Å². The third-order valence-electron chi connectivity index (χ3n) is 2.89. The molecular weight excluding hydrogens is 354 g/mol. The molecule has 0 N–H and O–H groups in total. The summed E-state index contributed by atoms with van der Waals surface area (Å²) in [7, 11) is 0. The second-order valence-electron chi connectivity index (χ2n) is 4.40. The van der Waals surface area contributed by atoms with Crippen LogP contribution in [0, 0.1) is 11.3 Å². The zero-order valence-electron chi connectivity index (χ0n) is 11.2. The maximum atomic E-state index is 11.6. The number of nitriles is 1. The molecule has 0 heterocycles. The van der Waals surface area contributed by atoms with Gasteiger partial charge in [-0.25, -0.2) is 0 Å². The second kappa shape index (κ2) is 6.75. The first-order valence-corrected chi connectivity index (χ1v) is 7.30. The van der Waals surface area contributed by atoms with Crippen molar-refractivity contribution in [3.8, 4) is 11.8 Å². The van der Waals surface area contributed by atoms with Gasteiger partial charge in [-0.05, 0) is 37.3 Å². The fraction of sp³-hybridized carbons (Fsp3) is 0.125. The number of hydrogen-bond donors (Lipinski definition) is 0. The van der Waals surface area contributed by atoms with E-state index >= 15 is 0 Å². The standard InChI is InChI=1S/C16H11BrClNO2/c1-10(20)14-7-13(17)4-5-16(14)21-9-12-3-2-11(8-19)6-15(12)18/h2-7H,9H2,1H3. The first kappa shape index (κ1) is 15.6. The Balaban J connectivity index is 2.21. The lowest BCUT2D eigenvalue weighted by molar-refractivity contribution is 0.101. The lowest BCUT2D eigenvalue weighted by Gasteiger charge is -2.11. The number of carbonyl (C=O) groups is 1. The van der Waals surface area contributed by atoms with Gasteiger partial charge in [-0.3, -0.25) is 4.79 Å². The van der Waals surface area contributed by atoms with Crippen LogP contribution in [0.3, 0.4) is 0 Å². The van der Waals surface area contributed by atoms with Crippen LogP contribution < -0.4 is 4.74 Å². The van der Waals surface area contributed by atoms with E-state index in [1.54, 1.807) is 30.3 Å². The quantitative estimate of drug-likeness (QED) is 0.735. The van der Waals surface area contributed by atoms with E-state index in [4.69, 9.17) is 21.6 Å². The highest BCUT2D eigenvalue weighted by Gasteiger charge is 2.10. The largest absolute Gasteiger partial charge is 0.488 e. The van der Waals surface area contributed by atoms with Gasteiger partial charge in [-0.1, -0.05) is 33.6 Å². The molecule has 2 aromatic rings. The predicted octanol–water partition coefficient (Wildman–Crippen LogP) is 4.76. The topological polar surface area (TPSA) is 50.1 Å². The van der Waals surface area contributed by atoms with Gasteiger partial charge in [0.05, 0.1) is 17.2 Å². The fourth-order valence-electron chi connectivity index (χ4n) is 1.79. The van der Waals surface area contributed by atoms with Crippen molar-refractivity contribution in [2.24, 2.45) is 0 Å². The molecule has 106 valence electrons. The molecule has 0 spiro atoms. The first-order valence-electron chi connectivity index (χ1n) is 6.13. The molecule has 0 bridgehead atoms. The number of ketones is 1. The molecule has 0 amide bonds. The molecule has 0 saturated heterocycles. The van der Waals surface area contributed by atoms with Gasteiger partial charge in [-0.15, -0.1) is 0 Å². The molecule has 0 unspecified atom stereocenters. The van der Waals surface area contributed by atoms with Crippen LogP contribution in [0.2, 0.25) is 5.02 Å². The first-order chi connectivity index (χ1) is 10.0. The van der Waals surface area contributed by atoms with Crippen LogP contribution in [0.25, 0.3) is 0 Å². The molecule has 0 aliphatic carbocycles. The Kier molecular flexibility index (Phi) is 5.00. The van der Waals surface area contributed by atoms with Crippen LogP contribution in [0.5, 0.6) is 5.75 Å². The summed E-state index contributed by atoms with van der Waals surface area (Å²) in [5.41, 5.74) is 1.76. The molecule has 0 aliphatic rings. The average molecular weight is 365 g/mol. The number of nitrogens with zero attached hydrogens (tertiary/aromatic N) is 1. The molecule has 0 radical (unpaired) electrons. The fourth-order valence-corrected chi connectivity index (χ4v) is 2.39. The molecule has 0 aliphatic heterocycles. The SMILES string of the molecule is CC(=O)c1cc(Br)ccc1OCc1ccc(C#N)cc1Cl. The van der Waals surface area contributed by atoms with Gasteiger partial charge in [0.25, 0.3) is 0 Å². The summed E-state index contributed by atoms with van der Waals surface area (Å²) in [6.07, 6.45) is 0. The summed E-state index contributed by atoms with van der Waals surface area (Å²) >= 11 is 9.43. The Hall–Kier alpha value is -1.83. The summed E-state index contributed by atoms with van der Waals surface area (Å²) in [6, 6.07) is 12.3. The molecule has 0 saturated carbocycles. The van der Waals surface area contributed by atoms with E-state index in [9.17, 15) is 4.79 Å². The van der Waals surface area contributed by atoms with Gasteiger partial charge in [0.2, 0.25) is 0 Å². The monoisotopic (exact) mass is 363 g/mol. The van der Waals surface area contributed by atoms with Gasteiger partial charge in [-0.2, -0.15) is 5.26 Å². The van der Waals surface area contributed by atoms with E-state index in [0.29, 0.717) is 21.9 Å². The number of carbonyl (C=O) groups excluding carboxylic acids is 1. The maximum Gasteiger partial charge on any atom is 0.163 e. The van der Waals surface area contributed by atoms with Gasteiger partial charge >= 0.3 is 0 Å². The number of halogens is 2. The van der Waals surface area contributed by atoms with E-state index in [1.807, 2.05) is 12.1 Å². The Morgan fingerprint density at radius 2 is 2.10 bits per heavy atom. The third-order valence-corrected chi connectivity index (χ3v) is 3.73. The molecule has 5 heteroatoms. The second-order valence-corrected chi connectivity index (χ2v) is 5.73. The van der Waals surface area contributed by atoms with Crippen molar-refractivity contribution in [3.63, 3.8) is 0 Å². The zero-order chi connectivity index (χ0) is 15.4. The predicted molar refractivity (Wildman–Crippen MR) is 84.6 cm³/mol. The minimum atomic E-state index is -0.0720. The van der Waals surface area contributed by atoms with Gasteiger partial charge < -0.3 is 4.74 Å². The summed E-state index contributed by atoms with van der Waals surface area (Å²) in [5.74, 6) is 0.434. The van der Waals surface area contributed by atoms with Crippen LogP contribution in [-0.2, 0) is 6.61 Å². The molecular formula is C16H11BrClNO2.